The van der Waals surface area contributed by atoms with Gasteiger partial charge in [-0.25, -0.2) is 0 Å². The summed E-state index contributed by atoms with van der Waals surface area (Å²) in [5, 5.41) is 8.80. The molecule has 7 heteroatoms. The number of piperazine rings is 1. The number of nitrogens with one attached hydrogen (secondary N) is 1. The van der Waals surface area contributed by atoms with Gasteiger partial charge in [0.2, 0.25) is 5.95 Å². The predicted molar refractivity (Wildman–Crippen MR) is 98.6 cm³/mol. The van der Waals surface area contributed by atoms with Gasteiger partial charge < -0.3 is 15.1 Å². The van der Waals surface area contributed by atoms with Crippen molar-refractivity contribution in [2.45, 2.75) is 27.2 Å². The standard InChI is InChI=1S/C17H29N7/c1-5-23-8-10-24(11-9-23)16-14-12-19-22(4)15(14)20-17(21-16)18-7-6-13(2)3/h12-13H,5-11H2,1-4H3,(H,18,20,21). The minimum Gasteiger partial charge on any atom is -0.354 e. The van der Waals surface area contributed by atoms with E-state index in [1.807, 2.05) is 17.9 Å². The van der Waals surface area contributed by atoms with E-state index < -0.39 is 0 Å². The summed E-state index contributed by atoms with van der Waals surface area (Å²) in [5.41, 5.74) is 0.893. The van der Waals surface area contributed by atoms with Crippen molar-refractivity contribution >= 4 is 22.8 Å². The van der Waals surface area contributed by atoms with Gasteiger partial charge in [0, 0.05) is 39.8 Å². The van der Waals surface area contributed by atoms with Crippen molar-refractivity contribution < 1.29 is 0 Å². The molecule has 132 valence electrons. The average molecular weight is 331 g/mol. The summed E-state index contributed by atoms with van der Waals surface area (Å²) in [5.74, 6) is 2.38. The SMILES string of the molecule is CCN1CCN(c2nc(NCCC(C)C)nc3c2cnn3C)CC1. The zero-order chi connectivity index (χ0) is 17.1. The molecule has 1 fully saturated rings. The van der Waals surface area contributed by atoms with Gasteiger partial charge in [0.1, 0.15) is 5.82 Å². The molecule has 0 amide bonds. The van der Waals surface area contributed by atoms with Crippen LogP contribution in [0.15, 0.2) is 6.20 Å². The van der Waals surface area contributed by atoms with Gasteiger partial charge in [0.05, 0.1) is 11.6 Å². The van der Waals surface area contributed by atoms with Crippen molar-refractivity contribution in [2.75, 3.05) is 49.5 Å². The molecule has 0 unspecified atom stereocenters. The molecule has 24 heavy (non-hydrogen) atoms. The third-order valence-corrected chi connectivity index (χ3v) is 4.70. The van der Waals surface area contributed by atoms with Crippen molar-refractivity contribution in [3.63, 3.8) is 0 Å². The van der Waals surface area contributed by atoms with Crippen LogP contribution in [-0.2, 0) is 7.05 Å². The maximum Gasteiger partial charge on any atom is 0.226 e. The molecule has 2 aromatic heterocycles. The molecule has 0 saturated carbocycles. The maximum absolute atomic E-state index is 4.82. The van der Waals surface area contributed by atoms with Crippen molar-refractivity contribution in [3.8, 4) is 0 Å². The first-order chi connectivity index (χ1) is 11.6. The molecule has 0 atom stereocenters. The number of hydrogen-bond acceptors (Lipinski definition) is 6. The quantitative estimate of drug-likeness (QED) is 0.873. The Labute approximate surface area is 144 Å². The molecular weight excluding hydrogens is 302 g/mol. The second-order valence-electron chi connectivity index (χ2n) is 6.91. The highest BCUT2D eigenvalue weighted by Crippen LogP contribution is 2.26. The summed E-state index contributed by atoms with van der Waals surface area (Å²) < 4.78 is 1.83. The molecule has 0 bridgehead atoms. The van der Waals surface area contributed by atoms with E-state index >= 15 is 0 Å². The van der Waals surface area contributed by atoms with Crippen molar-refractivity contribution in [3.05, 3.63) is 6.20 Å². The molecule has 2 aromatic rings. The van der Waals surface area contributed by atoms with Gasteiger partial charge >= 0.3 is 0 Å². The van der Waals surface area contributed by atoms with Gasteiger partial charge in [-0.1, -0.05) is 20.8 Å². The Kier molecular flexibility index (Phi) is 5.18. The van der Waals surface area contributed by atoms with Gasteiger partial charge in [-0.2, -0.15) is 15.1 Å². The molecule has 1 N–H and O–H groups in total. The van der Waals surface area contributed by atoms with Crippen LogP contribution in [0.2, 0.25) is 0 Å². The van der Waals surface area contributed by atoms with Crippen LogP contribution in [-0.4, -0.2) is 63.9 Å². The van der Waals surface area contributed by atoms with E-state index in [9.17, 15) is 0 Å². The van der Waals surface area contributed by atoms with Gasteiger partial charge in [-0.15, -0.1) is 0 Å². The van der Waals surface area contributed by atoms with E-state index in [4.69, 9.17) is 4.98 Å². The first-order valence-electron chi connectivity index (χ1n) is 8.99. The van der Waals surface area contributed by atoms with Crippen LogP contribution in [0.1, 0.15) is 27.2 Å². The number of likely N-dealkylation sites (N-methyl/N-ethyl adjacent to an activating group) is 1. The molecule has 1 aliphatic rings. The lowest BCUT2D eigenvalue weighted by Crippen LogP contribution is -2.46. The van der Waals surface area contributed by atoms with E-state index in [1.54, 1.807) is 0 Å². The van der Waals surface area contributed by atoms with E-state index in [1.165, 1.54) is 0 Å². The minimum absolute atomic E-state index is 0.666. The molecule has 0 spiro atoms. The van der Waals surface area contributed by atoms with Crippen molar-refractivity contribution in [1.29, 1.82) is 0 Å². The summed E-state index contributed by atoms with van der Waals surface area (Å²) in [6.45, 7) is 12.8. The topological polar surface area (TPSA) is 62.1 Å². The highest BCUT2D eigenvalue weighted by molar-refractivity contribution is 5.88. The van der Waals surface area contributed by atoms with Crippen molar-refractivity contribution in [2.24, 2.45) is 13.0 Å². The Morgan fingerprint density at radius 2 is 1.92 bits per heavy atom. The number of aryl methyl sites for hydroxylation is 1. The zero-order valence-corrected chi connectivity index (χ0v) is 15.3. The maximum atomic E-state index is 4.82. The minimum atomic E-state index is 0.666. The van der Waals surface area contributed by atoms with E-state index in [2.05, 4.69) is 46.0 Å². The third-order valence-electron chi connectivity index (χ3n) is 4.70. The molecule has 0 aromatic carbocycles. The largest absolute Gasteiger partial charge is 0.354 e. The number of anilines is 2. The first kappa shape index (κ1) is 17.0. The number of nitrogens with zero attached hydrogens (tertiary/aromatic N) is 6. The summed E-state index contributed by atoms with van der Waals surface area (Å²) in [6.07, 6.45) is 2.99. The molecule has 1 aliphatic heterocycles. The van der Waals surface area contributed by atoms with Crippen LogP contribution in [0.25, 0.3) is 11.0 Å². The Morgan fingerprint density at radius 1 is 1.17 bits per heavy atom. The van der Waals surface area contributed by atoms with Crippen LogP contribution in [0.5, 0.6) is 0 Å². The average Bonchev–Trinajstić information content (AvgIpc) is 2.95. The lowest BCUT2D eigenvalue weighted by atomic mass is 10.1. The van der Waals surface area contributed by atoms with Crippen LogP contribution in [0, 0.1) is 5.92 Å². The van der Waals surface area contributed by atoms with Crippen LogP contribution >= 0.6 is 0 Å². The molecule has 7 nitrogen and oxygen atoms in total. The molecular formula is C17H29N7. The summed E-state index contributed by atoms with van der Waals surface area (Å²) >= 11 is 0. The van der Waals surface area contributed by atoms with Gasteiger partial charge in [-0.05, 0) is 18.9 Å². The highest BCUT2D eigenvalue weighted by Gasteiger charge is 2.21. The van der Waals surface area contributed by atoms with E-state index in [0.29, 0.717) is 11.9 Å². The lowest BCUT2D eigenvalue weighted by molar-refractivity contribution is 0.271. The zero-order valence-electron chi connectivity index (χ0n) is 15.3. The fourth-order valence-corrected chi connectivity index (χ4v) is 3.08. The molecule has 1 saturated heterocycles. The lowest BCUT2D eigenvalue weighted by Gasteiger charge is -2.35. The summed E-state index contributed by atoms with van der Waals surface area (Å²) in [7, 11) is 1.94. The van der Waals surface area contributed by atoms with Crippen molar-refractivity contribution in [1.82, 2.24) is 24.6 Å². The van der Waals surface area contributed by atoms with Gasteiger partial charge in [0.25, 0.3) is 0 Å². The smallest absolute Gasteiger partial charge is 0.226 e. The molecule has 3 heterocycles. The van der Waals surface area contributed by atoms with Crippen LogP contribution in [0.3, 0.4) is 0 Å². The Balaban J connectivity index is 1.85. The molecule has 0 radical (unpaired) electrons. The van der Waals surface area contributed by atoms with Crippen LogP contribution in [0.4, 0.5) is 11.8 Å². The fourth-order valence-electron chi connectivity index (χ4n) is 3.08. The van der Waals surface area contributed by atoms with Gasteiger partial charge in [-0.3, -0.25) is 4.68 Å². The monoisotopic (exact) mass is 331 g/mol. The Bertz CT molecular complexity index is 671. The normalized spacial score (nSPS) is 16.3. The molecule has 3 rings (SSSR count). The number of hydrogen-bond donors (Lipinski definition) is 1. The third kappa shape index (κ3) is 3.61. The molecule has 0 aliphatic carbocycles. The predicted octanol–water partition coefficient (Wildman–Crippen LogP) is 1.96. The summed E-state index contributed by atoms with van der Waals surface area (Å²) in [6, 6.07) is 0. The van der Waals surface area contributed by atoms with Crippen LogP contribution < -0.4 is 10.2 Å². The number of fused-ring (bicyclic) bond motifs is 1. The van der Waals surface area contributed by atoms with E-state index in [-0.39, 0.29) is 0 Å². The highest BCUT2D eigenvalue weighted by atomic mass is 15.3. The number of rotatable bonds is 6. The number of aromatic nitrogens is 4. The van der Waals surface area contributed by atoms with Gasteiger partial charge in [0.15, 0.2) is 5.65 Å². The second-order valence-corrected chi connectivity index (χ2v) is 6.91. The second kappa shape index (κ2) is 7.34. The van der Waals surface area contributed by atoms with E-state index in [0.717, 1.165) is 62.5 Å². The Hall–Kier alpha value is -1.89. The fraction of sp³-hybridized carbons (Fsp3) is 0.706. The Morgan fingerprint density at radius 3 is 2.58 bits per heavy atom. The summed E-state index contributed by atoms with van der Waals surface area (Å²) in [4.78, 5) is 14.3. The first-order valence-corrected chi connectivity index (χ1v) is 8.99.